The fraction of sp³-hybridized carbons (Fsp3) is 0.650. The molecule has 1 aromatic carbocycles. The molecule has 0 spiro atoms. The molecule has 0 radical (unpaired) electrons. The molecular formula is C20H34N4O2. The Labute approximate surface area is 157 Å². The quantitative estimate of drug-likeness (QED) is 0.356. The molecule has 146 valence electrons. The average molecular weight is 363 g/mol. The van der Waals surface area contributed by atoms with Gasteiger partial charge in [0.15, 0.2) is 5.96 Å². The SMILES string of the molecule is CN=C(NCCN(C)CCCOC)NCc1c(O)ccc2c1CCCC2. The van der Waals surface area contributed by atoms with E-state index in [0.717, 1.165) is 57.0 Å². The van der Waals surface area contributed by atoms with E-state index >= 15 is 0 Å². The Morgan fingerprint density at radius 2 is 2.04 bits per heavy atom. The summed E-state index contributed by atoms with van der Waals surface area (Å²) in [6, 6.07) is 3.89. The molecule has 0 saturated carbocycles. The van der Waals surface area contributed by atoms with Gasteiger partial charge in [0, 0.05) is 52.5 Å². The number of rotatable bonds is 9. The number of guanidine groups is 1. The number of hydrogen-bond acceptors (Lipinski definition) is 4. The van der Waals surface area contributed by atoms with E-state index in [-0.39, 0.29) is 0 Å². The van der Waals surface area contributed by atoms with Crippen LogP contribution in [0.25, 0.3) is 0 Å². The summed E-state index contributed by atoms with van der Waals surface area (Å²) in [4.78, 5) is 6.57. The minimum atomic E-state index is 0.381. The maximum absolute atomic E-state index is 10.3. The van der Waals surface area contributed by atoms with Gasteiger partial charge in [0.2, 0.25) is 0 Å². The van der Waals surface area contributed by atoms with Crippen LogP contribution in [-0.4, -0.2) is 63.4 Å². The highest BCUT2D eigenvalue weighted by molar-refractivity contribution is 5.79. The Balaban J connectivity index is 1.81. The minimum absolute atomic E-state index is 0.381. The lowest BCUT2D eigenvalue weighted by atomic mass is 9.88. The highest BCUT2D eigenvalue weighted by Gasteiger charge is 2.16. The molecule has 1 aliphatic carbocycles. The average Bonchev–Trinajstić information content (AvgIpc) is 2.66. The first-order chi connectivity index (χ1) is 12.7. The van der Waals surface area contributed by atoms with Gasteiger partial charge in [-0.15, -0.1) is 0 Å². The lowest BCUT2D eigenvalue weighted by molar-refractivity contribution is 0.180. The number of fused-ring (bicyclic) bond motifs is 1. The number of aliphatic imine (C=N–C) groups is 1. The maximum atomic E-state index is 10.3. The Kier molecular flexibility index (Phi) is 8.71. The number of nitrogens with one attached hydrogen (secondary N) is 2. The Bertz CT molecular complexity index is 589. The van der Waals surface area contributed by atoms with Crippen LogP contribution in [0, 0.1) is 0 Å². The second-order valence-corrected chi connectivity index (χ2v) is 6.91. The number of methoxy groups -OCH3 is 1. The van der Waals surface area contributed by atoms with Crippen LogP contribution in [0.5, 0.6) is 5.75 Å². The first kappa shape index (κ1) is 20.5. The van der Waals surface area contributed by atoms with Crippen LogP contribution >= 0.6 is 0 Å². The molecule has 0 amide bonds. The summed E-state index contributed by atoms with van der Waals surface area (Å²) in [5.74, 6) is 1.15. The van der Waals surface area contributed by atoms with E-state index in [1.54, 1.807) is 14.2 Å². The standard InChI is InChI=1S/C20H34N4O2/c1-21-20(22-11-13-24(2)12-6-14-26-3)23-15-18-17-8-5-4-7-16(17)9-10-19(18)25/h9-10,25H,4-8,11-15H2,1-3H3,(H2,21,22,23). The highest BCUT2D eigenvalue weighted by atomic mass is 16.5. The van der Waals surface area contributed by atoms with Crippen LogP contribution in [-0.2, 0) is 24.1 Å². The van der Waals surface area contributed by atoms with Gasteiger partial charge in [0.1, 0.15) is 5.75 Å². The van der Waals surface area contributed by atoms with Crippen molar-refractivity contribution in [2.75, 3.05) is 47.4 Å². The van der Waals surface area contributed by atoms with Gasteiger partial charge < -0.3 is 25.4 Å². The van der Waals surface area contributed by atoms with Gasteiger partial charge in [-0.1, -0.05) is 6.07 Å². The van der Waals surface area contributed by atoms with Crippen molar-refractivity contribution in [3.63, 3.8) is 0 Å². The molecule has 0 heterocycles. The van der Waals surface area contributed by atoms with Crippen molar-refractivity contribution in [1.82, 2.24) is 15.5 Å². The van der Waals surface area contributed by atoms with Crippen LogP contribution < -0.4 is 10.6 Å². The van der Waals surface area contributed by atoms with Crippen molar-refractivity contribution in [2.45, 2.75) is 38.6 Å². The molecule has 2 rings (SSSR count). The van der Waals surface area contributed by atoms with Crippen molar-refractivity contribution >= 4 is 5.96 Å². The van der Waals surface area contributed by atoms with Crippen molar-refractivity contribution < 1.29 is 9.84 Å². The fourth-order valence-electron chi connectivity index (χ4n) is 3.44. The highest BCUT2D eigenvalue weighted by Crippen LogP contribution is 2.30. The summed E-state index contributed by atoms with van der Waals surface area (Å²) < 4.78 is 5.08. The predicted octanol–water partition coefficient (Wildman–Crippen LogP) is 1.90. The zero-order valence-electron chi connectivity index (χ0n) is 16.5. The second-order valence-electron chi connectivity index (χ2n) is 6.91. The van der Waals surface area contributed by atoms with Crippen LogP contribution in [0.1, 0.15) is 36.0 Å². The summed E-state index contributed by atoms with van der Waals surface area (Å²) in [5.41, 5.74) is 3.71. The number of benzene rings is 1. The minimum Gasteiger partial charge on any atom is -0.508 e. The molecule has 26 heavy (non-hydrogen) atoms. The number of nitrogens with zero attached hydrogens (tertiary/aromatic N) is 2. The third kappa shape index (κ3) is 6.18. The third-order valence-corrected chi connectivity index (χ3v) is 4.96. The van der Waals surface area contributed by atoms with Gasteiger partial charge >= 0.3 is 0 Å². The van der Waals surface area contributed by atoms with Crippen LogP contribution in [0.3, 0.4) is 0 Å². The van der Waals surface area contributed by atoms with Crippen molar-refractivity contribution in [3.05, 3.63) is 28.8 Å². The van der Waals surface area contributed by atoms with Gasteiger partial charge in [-0.25, -0.2) is 0 Å². The van der Waals surface area contributed by atoms with E-state index in [2.05, 4.69) is 33.6 Å². The summed E-state index contributed by atoms with van der Waals surface area (Å²) in [6.45, 7) is 4.17. The summed E-state index contributed by atoms with van der Waals surface area (Å²) in [6.07, 6.45) is 5.65. The first-order valence-electron chi connectivity index (χ1n) is 9.60. The van der Waals surface area contributed by atoms with Crippen molar-refractivity contribution in [2.24, 2.45) is 4.99 Å². The molecule has 0 unspecified atom stereocenters. The van der Waals surface area contributed by atoms with Crippen molar-refractivity contribution in [1.29, 1.82) is 0 Å². The van der Waals surface area contributed by atoms with Gasteiger partial charge in [0.05, 0.1) is 0 Å². The largest absolute Gasteiger partial charge is 0.508 e. The Morgan fingerprint density at radius 3 is 2.81 bits per heavy atom. The summed E-state index contributed by atoms with van der Waals surface area (Å²) in [5, 5.41) is 17.0. The predicted molar refractivity (Wildman–Crippen MR) is 107 cm³/mol. The number of ether oxygens (including phenoxy) is 1. The molecule has 0 saturated heterocycles. The molecule has 1 aliphatic rings. The van der Waals surface area contributed by atoms with E-state index < -0.39 is 0 Å². The number of phenolic OH excluding ortho intramolecular Hbond substituents is 1. The summed E-state index contributed by atoms with van der Waals surface area (Å²) >= 11 is 0. The van der Waals surface area contributed by atoms with E-state index in [4.69, 9.17) is 4.74 Å². The molecule has 0 atom stereocenters. The number of aromatic hydroxyl groups is 1. The fourth-order valence-corrected chi connectivity index (χ4v) is 3.44. The molecule has 0 aliphatic heterocycles. The maximum Gasteiger partial charge on any atom is 0.191 e. The molecule has 1 aromatic rings. The topological polar surface area (TPSA) is 69.1 Å². The van der Waals surface area contributed by atoms with Crippen LogP contribution in [0.2, 0.25) is 0 Å². The number of phenols is 1. The van der Waals surface area contributed by atoms with Crippen LogP contribution in [0.15, 0.2) is 17.1 Å². The van der Waals surface area contributed by atoms with E-state index in [0.29, 0.717) is 12.3 Å². The molecular weight excluding hydrogens is 328 g/mol. The third-order valence-electron chi connectivity index (χ3n) is 4.96. The number of likely N-dealkylation sites (N-methyl/N-ethyl adjacent to an activating group) is 1. The van der Waals surface area contributed by atoms with Crippen LogP contribution in [0.4, 0.5) is 0 Å². The number of hydrogen-bond donors (Lipinski definition) is 3. The molecule has 0 bridgehead atoms. The molecule has 6 heteroatoms. The first-order valence-corrected chi connectivity index (χ1v) is 9.60. The van der Waals surface area contributed by atoms with Gasteiger partial charge in [-0.3, -0.25) is 4.99 Å². The number of aryl methyl sites for hydroxylation is 1. The van der Waals surface area contributed by atoms with Crippen molar-refractivity contribution in [3.8, 4) is 5.75 Å². The van der Waals surface area contributed by atoms with Gasteiger partial charge in [0.25, 0.3) is 0 Å². The molecule has 3 N–H and O–H groups in total. The van der Waals surface area contributed by atoms with E-state index in [9.17, 15) is 5.11 Å². The van der Waals surface area contributed by atoms with E-state index in [1.807, 2.05) is 6.07 Å². The molecule has 0 fully saturated rings. The molecule has 0 aromatic heterocycles. The summed E-state index contributed by atoms with van der Waals surface area (Å²) in [7, 11) is 5.62. The monoisotopic (exact) mass is 362 g/mol. The lowest BCUT2D eigenvalue weighted by Crippen LogP contribution is -2.41. The Morgan fingerprint density at radius 1 is 1.23 bits per heavy atom. The zero-order chi connectivity index (χ0) is 18.8. The van der Waals surface area contributed by atoms with E-state index in [1.165, 1.54) is 24.0 Å². The Hall–Kier alpha value is -1.79. The normalized spacial score (nSPS) is 14.4. The zero-order valence-corrected chi connectivity index (χ0v) is 16.5. The smallest absolute Gasteiger partial charge is 0.191 e. The van der Waals surface area contributed by atoms with Gasteiger partial charge in [-0.05, 0) is 56.3 Å². The second kappa shape index (κ2) is 11.0. The lowest BCUT2D eigenvalue weighted by Gasteiger charge is -2.22. The molecule has 6 nitrogen and oxygen atoms in total. The van der Waals surface area contributed by atoms with Gasteiger partial charge in [-0.2, -0.15) is 0 Å².